The summed E-state index contributed by atoms with van der Waals surface area (Å²) in [5.74, 6) is 0.474. The van der Waals surface area contributed by atoms with Crippen molar-refractivity contribution in [3.05, 3.63) is 11.8 Å². The van der Waals surface area contributed by atoms with Crippen LogP contribution in [0.2, 0.25) is 0 Å². The van der Waals surface area contributed by atoms with E-state index in [0.29, 0.717) is 24.4 Å². The summed E-state index contributed by atoms with van der Waals surface area (Å²) in [6.07, 6.45) is 2.74. The lowest BCUT2D eigenvalue weighted by molar-refractivity contribution is 0.116. The van der Waals surface area contributed by atoms with Crippen LogP contribution < -0.4 is 0 Å². The van der Waals surface area contributed by atoms with E-state index >= 15 is 0 Å². The fourth-order valence-corrected chi connectivity index (χ4v) is 3.16. The van der Waals surface area contributed by atoms with E-state index < -0.39 is 6.17 Å². The van der Waals surface area contributed by atoms with Crippen molar-refractivity contribution in [3.63, 3.8) is 0 Å². The lowest BCUT2D eigenvalue weighted by Crippen LogP contribution is -2.44. The van der Waals surface area contributed by atoms with Crippen LogP contribution in [0.15, 0.2) is 11.8 Å². The summed E-state index contributed by atoms with van der Waals surface area (Å²) in [5, 5.41) is -0.290. The normalized spacial score (nSPS) is 40.7. The van der Waals surface area contributed by atoms with Crippen molar-refractivity contribution in [1.29, 1.82) is 0 Å². The van der Waals surface area contributed by atoms with E-state index in [1.807, 2.05) is 0 Å². The van der Waals surface area contributed by atoms with Crippen LogP contribution in [0.4, 0.5) is 4.39 Å². The Kier molecular flexibility index (Phi) is 2.98. The molecule has 4 atom stereocenters. The van der Waals surface area contributed by atoms with Gasteiger partial charge in [0.25, 0.3) is 0 Å². The summed E-state index contributed by atoms with van der Waals surface area (Å²) in [7, 11) is 0. The first kappa shape index (κ1) is 11.3. The van der Waals surface area contributed by atoms with Crippen LogP contribution in [0.1, 0.15) is 33.6 Å². The maximum Gasteiger partial charge on any atom is 0.118 e. The summed E-state index contributed by atoms with van der Waals surface area (Å²) < 4.78 is 13.6. The van der Waals surface area contributed by atoms with Crippen molar-refractivity contribution < 1.29 is 4.39 Å². The first-order valence-electron chi connectivity index (χ1n) is 5.74. The summed E-state index contributed by atoms with van der Waals surface area (Å²) >= 11 is 6.01. The fraction of sp³-hybridized carbons (Fsp3) is 0.833. The Morgan fingerprint density at radius 3 is 2.73 bits per heavy atom. The van der Waals surface area contributed by atoms with Gasteiger partial charge in [0.1, 0.15) is 6.17 Å². The Bertz CT molecular complexity index is 277. The molecule has 0 aromatic carbocycles. The molecule has 0 spiro atoms. The van der Waals surface area contributed by atoms with Gasteiger partial charge in [-0.15, -0.1) is 11.6 Å². The number of hydrogen-bond donors (Lipinski definition) is 0. The minimum Gasteiger partial charge on any atom is -0.371 e. The van der Waals surface area contributed by atoms with Gasteiger partial charge in [0.15, 0.2) is 0 Å². The molecule has 0 aromatic rings. The summed E-state index contributed by atoms with van der Waals surface area (Å²) in [6.45, 7) is 6.46. The van der Waals surface area contributed by atoms with E-state index in [0.717, 1.165) is 6.42 Å². The van der Waals surface area contributed by atoms with Crippen molar-refractivity contribution >= 4 is 11.6 Å². The molecule has 0 bridgehead atoms. The van der Waals surface area contributed by atoms with Crippen LogP contribution in [0.25, 0.3) is 0 Å². The number of alkyl halides is 2. The van der Waals surface area contributed by atoms with Crippen LogP contribution in [0.3, 0.4) is 0 Å². The Balaban J connectivity index is 2.17. The van der Waals surface area contributed by atoms with Crippen molar-refractivity contribution in [2.24, 2.45) is 5.92 Å². The number of hydrogen-bond acceptors (Lipinski definition) is 1. The minimum absolute atomic E-state index is 0.290. The highest BCUT2D eigenvalue weighted by molar-refractivity contribution is 6.21. The monoisotopic (exact) mass is 231 g/mol. The van der Waals surface area contributed by atoms with E-state index in [1.165, 1.54) is 5.57 Å². The molecule has 3 heteroatoms. The van der Waals surface area contributed by atoms with Gasteiger partial charge in [0, 0.05) is 24.4 Å². The zero-order chi connectivity index (χ0) is 11.2. The second-order valence-corrected chi connectivity index (χ2v) is 5.65. The van der Waals surface area contributed by atoms with Crippen LogP contribution in [-0.2, 0) is 0 Å². The van der Waals surface area contributed by atoms with Crippen molar-refractivity contribution in [2.45, 2.75) is 57.2 Å². The third-order valence-electron chi connectivity index (χ3n) is 3.72. The van der Waals surface area contributed by atoms with Gasteiger partial charge in [-0.2, -0.15) is 0 Å². The smallest absolute Gasteiger partial charge is 0.118 e. The maximum atomic E-state index is 13.6. The van der Waals surface area contributed by atoms with Gasteiger partial charge in [-0.1, -0.05) is 5.57 Å². The third kappa shape index (κ3) is 1.89. The SMILES string of the molecule is CC1=CN(C(C)C)C2CC(F)C(Cl)CC12. The second-order valence-electron chi connectivity index (χ2n) is 5.09. The van der Waals surface area contributed by atoms with Crippen molar-refractivity contribution in [1.82, 2.24) is 4.90 Å². The molecule has 0 N–H and O–H groups in total. The largest absolute Gasteiger partial charge is 0.371 e. The zero-order valence-corrected chi connectivity index (χ0v) is 10.3. The number of rotatable bonds is 1. The van der Waals surface area contributed by atoms with E-state index in [4.69, 9.17) is 11.6 Å². The highest BCUT2D eigenvalue weighted by Gasteiger charge is 2.43. The molecule has 86 valence electrons. The van der Waals surface area contributed by atoms with E-state index in [-0.39, 0.29) is 5.38 Å². The average Bonchev–Trinajstić information content (AvgIpc) is 2.45. The standard InChI is InChI=1S/C12H19ClFN/c1-7(2)15-6-8(3)9-4-10(13)11(14)5-12(9)15/h6-7,9-12H,4-5H2,1-3H3. The molecule has 1 aliphatic heterocycles. The molecule has 0 amide bonds. The molecular formula is C12H19ClFN. The highest BCUT2D eigenvalue weighted by atomic mass is 35.5. The average molecular weight is 232 g/mol. The van der Waals surface area contributed by atoms with Gasteiger partial charge < -0.3 is 4.90 Å². The molecule has 1 saturated carbocycles. The molecular weight excluding hydrogens is 213 g/mol. The Morgan fingerprint density at radius 1 is 1.47 bits per heavy atom. The molecule has 2 aliphatic rings. The molecule has 1 heterocycles. The van der Waals surface area contributed by atoms with Gasteiger partial charge in [-0.25, -0.2) is 4.39 Å². The third-order valence-corrected chi connectivity index (χ3v) is 4.17. The molecule has 0 radical (unpaired) electrons. The van der Waals surface area contributed by atoms with Crippen LogP contribution in [0.5, 0.6) is 0 Å². The molecule has 15 heavy (non-hydrogen) atoms. The van der Waals surface area contributed by atoms with Gasteiger partial charge in [-0.05, 0) is 33.4 Å². The Morgan fingerprint density at radius 2 is 2.13 bits per heavy atom. The lowest BCUT2D eigenvalue weighted by atomic mass is 9.81. The lowest BCUT2D eigenvalue weighted by Gasteiger charge is -2.39. The predicted molar refractivity (Wildman–Crippen MR) is 61.8 cm³/mol. The fourth-order valence-electron chi connectivity index (χ4n) is 2.87. The van der Waals surface area contributed by atoms with E-state index in [9.17, 15) is 4.39 Å². The van der Waals surface area contributed by atoms with Gasteiger partial charge in [0.05, 0.1) is 5.38 Å². The summed E-state index contributed by atoms with van der Waals surface area (Å²) in [4.78, 5) is 2.30. The molecule has 1 fully saturated rings. The van der Waals surface area contributed by atoms with Gasteiger partial charge >= 0.3 is 0 Å². The summed E-state index contributed by atoms with van der Waals surface area (Å²) in [5.41, 5.74) is 1.37. The van der Waals surface area contributed by atoms with E-state index in [2.05, 4.69) is 31.9 Å². The van der Waals surface area contributed by atoms with Gasteiger partial charge in [-0.3, -0.25) is 0 Å². The maximum absolute atomic E-state index is 13.6. The second kappa shape index (κ2) is 3.97. The molecule has 4 unspecified atom stereocenters. The Labute approximate surface area is 96.3 Å². The summed E-state index contributed by atoms with van der Waals surface area (Å²) in [6, 6.07) is 0.795. The van der Waals surface area contributed by atoms with Crippen LogP contribution in [0, 0.1) is 5.92 Å². The molecule has 0 aromatic heterocycles. The molecule has 0 saturated heterocycles. The van der Waals surface area contributed by atoms with Crippen molar-refractivity contribution in [2.75, 3.05) is 0 Å². The number of halogens is 2. The van der Waals surface area contributed by atoms with Crippen LogP contribution in [-0.4, -0.2) is 28.5 Å². The number of nitrogens with zero attached hydrogens (tertiary/aromatic N) is 1. The molecule has 2 rings (SSSR count). The molecule has 1 nitrogen and oxygen atoms in total. The quantitative estimate of drug-likeness (QED) is 0.626. The topological polar surface area (TPSA) is 3.24 Å². The highest BCUT2D eigenvalue weighted by Crippen LogP contribution is 2.42. The zero-order valence-electron chi connectivity index (χ0n) is 9.58. The van der Waals surface area contributed by atoms with Crippen molar-refractivity contribution in [3.8, 4) is 0 Å². The molecule has 1 aliphatic carbocycles. The first-order chi connectivity index (χ1) is 7.00. The van der Waals surface area contributed by atoms with E-state index in [1.54, 1.807) is 0 Å². The number of fused-ring (bicyclic) bond motifs is 1. The van der Waals surface area contributed by atoms with Crippen LogP contribution >= 0.6 is 11.6 Å². The predicted octanol–water partition coefficient (Wildman–Crippen LogP) is 3.34. The Hall–Kier alpha value is -0.240. The minimum atomic E-state index is -0.839. The first-order valence-corrected chi connectivity index (χ1v) is 6.18. The van der Waals surface area contributed by atoms with Gasteiger partial charge in [0.2, 0.25) is 0 Å².